The zero-order chi connectivity index (χ0) is 24.2. The predicted octanol–water partition coefficient (Wildman–Crippen LogP) is 3.87. The van der Waals surface area contributed by atoms with Gasteiger partial charge in [0.1, 0.15) is 21.9 Å². The zero-order valence-corrected chi connectivity index (χ0v) is 20.3. The number of nitrogens with zero attached hydrogens (tertiary/aromatic N) is 3. The number of aromatic nitrogens is 2. The van der Waals surface area contributed by atoms with Crippen LogP contribution in [0, 0.1) is 0 Å². The molecule has 11 heteroatoms. The summed E-state index contributed by atoms with van der Waals surface area (Å²) in [6.07, 6.45) is -1.54. The number of rotatable bonds is 7. The Kier molecular flexibility index (Phi) is 7.35. The van der Waals surface area contributed by atoms with Crippen LogP contribution in [0.15, 0.2) is 58.8 Å². The molecule has 2 aromatic carbocycles. The van der Waals surface area contributed by atoms with Crippen molar-refractivity contribution in [1.29, 1.82) is 0 Å². The summed E-state index contributed by atoms with van der Waals surface area (Å²) in [7, 11) is -2.52. The molecule has 0 saturated carbocycles. The fraction of sp³-hybridized carbons (Fsp3) is 0.318. The summed E-state index contributed by atoms with van der Waals surface area (Å²) < 4.78 is 39.5. The molecule has 9 nitrogen and oxygen atoms in total. The molecule has 0 radical (unpaired) electrons. The molecule has 0 saturated heterocycles. The number of carbonyl (C=O) groups excluding carboxylic acids is 1. The van der Waals surface area contributed by atoms with E-state index in [9.17, 15) is 18.3 Å². The van der Waals surface area contributed by atoms with E-state index in [4.69, 9.17) is 8.92 Å². The van der Waals surface area contributed by atoms with Crippen LogP contribution in [-0.2, 0) is 14.9 Å². The molecule has 3 rings (SSSR count). The van der Waals surface area contributed by atoms with Crippen LogP contribution in [0.25, 0.3) is 11.3 Å². The molecular weight excluding hydrogens is 466 g/mol. The highest BCUT2D eigenvalue weighted by Crippen LogP contribution is 2.24. The summed E-state index contributed by atoms with van der Waals surface area (Å²) in [6, 6.07) is 12.1. The van der Waals surface area contributed by atoms with E-state index in [0.717, 1.165) is 5.56 Å². The van der Waals surface area contributed by atoms with Gasteiger partial charge in [0.2, 0.25) is 0 Å². The molecule has 176 valence electrons. The fourth-order valence-corrected chi connectivity index (χ4v) is 4.18. The molecule has 1 heterocycles. The van der Waals surface area contributed by atoms with E-state index in [1.165, 1.54) is 59.9 Å². The molecule has 33 heavy (non-hydrogen) atoms. The highest BCUT2D eigenvalue weighted by molar-refractivity contribution is 7.87. The lowest BCUT2D eigenvalue weighted by molar-refractivity contribution is 0.0205. The Morgan fingerprint density at radius 3 is 2.30 bits per heavy atom. The summed E-state index contributed by atoms with van der Waals surface area (Å²) in [4.78, 5) is 13.3. The number of ether oxygens (including phenoxy) is 1. The molecule has 0 spiro atoms. The first-order valence-corrected chi connectivity index (χ1v) is 12.2. The maximum absolute atomic E-state index is 12.6. The molecule has 3 aromatic rings. The van der Waals surface area contributed by atoms with E-state index in [0.29, 0.717) is 11.3 Å². The van der Waals surface area contributed by atoms with Gasteiger partial charge in [-0.25, -0.2) is 4.79 Å². The third kappa shape index (κ3) is 6.73. The molecule has 1 atom stereocenters. The largest absolute Gasteiger partial charge is 0.444 e. The van der Waals surface area contributed by atoms with Crippen molar-refractivity contribution >= 4 is 27.7 Å². The lowest BCUT2D eigenvalue weighted by atomic mass is 10.1. The number of benzene rings is 2. The SMILES string of the molecule is CN(CC(O)c1ccc(OS(=O)(=O)c2ccc(-c3csnn3)cc2)cc1)C(=O)OC(C)(C)C. The van der Waals surface area contributed by atoms with Gasteiger partial charge in [0, 0.05) is 18.0 Å². The minimum absolute atomic E-state index is 0.00228. The van der Waals surface area contributed by atoms with Crippen LogP contribution in [0.2, 0.25) is 0 Å². The highest BCUT2D eigenvalue weighted by Gasteiger charge is 2.22. The molecule has 1 amide bonds. The number of aliphatic hydroxyl groups excluding tert-OH is 1. The third-order valence-corrected chi connectivity index (χ3v) is 6.19. The summed E-state index contributed by atoms with van der Waals surface area (Å²) in [5, 5.41) is 16.1. The minimum atomic E-state index is -4.04. The normalized spacial score (nSPS) is 12.8. The van der Waals surface area contributed by atoms with Gasteiger partial charge in [0.25, 0.3) is 0 Å². The van der Waals surface area contributed by atoms with E-state index in [-0.39, 0.29) is 17.2 Å². The summed E-state index contributed by atoms with van der Waals surface area (Å²) in [5.41, 5.74) is 1.27. The monoisotopic (exact) mass is 491 g/mol. The number of amides is 1. The molecule has 1 aromatic heterocycles. The van der Waals surface area contributed by atoms with Crippen LogP contribution in [0.1, 0.15) is 32.4 Å². The summed E-state index contributed by atoms with van der Waals surface area (Å²) >= 11 is 1.21. The van der Waals surface area contributed by atoms with Crippen LogP contribution < -0.4 is 4.18 Å². The highest BCUT2D eigenvalue weighted by atomic mass is 32.2. The van der Waals surface area contributed by atoms with Gasteiger partial charge in [0.05, 0.1) is 12.6 Å². The van der Waals surface area contributed by atoms with Gasteiger partial charge >= 0.3 is 16.2 Å². The van der Waals surface area contributed by atoms with Gasteiger partial charge in [-0.2, -0.15) is 8.42 Å². The third-order valence-electron chi connectivity index (χ3n) is 4.42. The van der Waals surface area contributed by atoms with Gasteiger partial charge in [-0.05, 0) is 62.1 Å². The Hall–Kier alpha value is -3.02. The van der Waals surface area contributed by atoms with Crippen molar-refractivity contribution in [1.82, 2.24) is 14.5 Å². The lowest BCUT2D eigenvalue weighted by Gasteiger charge is -2.26. The van der Waals surface area contributed by atoms with Crippen molar-refractivity contribution < 1.29 is 27.2 Å². The summed E-state index contributed by atoms with van der Waals surface area (Å²) in [6.45, 7) is 5.28. The standard InChI is InChI=1S/C22H25N3O6S2/c1-22(2,3)30-21(27)25(4)13-20(26)16-5-9-17(10-6-16)31-33(28,29)18-11-7-15(8-12-18)19-14-32-24-23-19/h5-12,14,20,26H,13H2,1-4H3. The Labute approximate surface area is 196 Å². The number of hydrogen-bond donors (Lipinski definition) is 1. The van der Waals surface area contributed by atoms with Crippen LogP contribution in [-0.4, -0.2) is 53.3 Å². The molecule has 0 bridgehead atoms. The number of carbonyl (C=O) groups is 1. The Bertz CT molecular complexity index is 1170. The molecular formula is C22H25N3O6S2. The Morgan fingerprint density at radius 2 is 1.76 bits per heavy atom. The fourth-order valence-electron chi connectivity index (χ4n) is 2.78. The molecule has 0 fully saturated rings. The van der Waals surface area contributed by atoms with Crippen molar-refractivity contribution in [3.05, 3.63) is 59.5 Å². The second-order valence-corrected chi connectivity index (χ2v) is 10.5. The Balaban J connectivity index is 1.63. The van der Waals surface area contributed by atoms with Gasteiger partial charge in [-0.1, -0.05) is 28.8 Å². The number of hydrogen-bond acceptors (Lipinski definition) is 9. The average Bonchev–Trinajstić information content (AvgIpc) is 3.28. The zero-order valence-electron chi connectivity index (χ0n) is 18.6. The first kappa shape index (κ1) is 24.6. The van der Waals surface area contributed by atoms with Crippen LogP contribution in [0.5, 0.6) is 5.75 Å². The smallest absolute Gasteiger partial charge is 0.410 e. The van der Waals surface area contributed by atoms with Crippen molar-refractivity contribution in [2.45, 2.75) is 37.4 Å². The summed E-state index contributed by atoms with van der Waals surface area (Å²) in [5.74, 6) is 0.0965. The Morgan fingerprint density at radius 1 is 1.12 bits per heavy atom. The topological polar surface area (TPSA) is 119 Å². The van der Waals surface area contributed by atoms with E-state index in [1.54, 1.807) is 38.3 Å². The molecule has 0 aliphatic rings. The number of likely N-dealkylation sites (N-methyl/N-ethyl adjacent to an activating group) is 1. The van der Waals surface area contributed by atoms with E-state index < -0.39 is 27.9 Å². The van der Waals surface area contributed by atoms with E-state index >= 15 is 0 Å². The predicted molar refractivity (Wildman–Crippen MR) is 123 cm³/mol. The van der Waals surface area contributed by atoms with E-state index in [2.05, 4.69) is 9.59 Å². The van der Waals surface area contributed by atoms with Crippen molar-refractivity contribution in [2.24, 2.45) is 0 Å². The molecule has 1 unspecified atom stereocenters. The van der Waals surface area contributed by atoms with E-state index in [1.807, 2.05) is 0 Å². The minimum Gasteiger partial charge on any atom is -0.444 e. The maximum atomic E-state index is 12.6. The van der Waals surface area contributed by atoms with Crippen LogP contribution >= 0.6 is 11.5 Å². The van der Waals surface area contributed by atoms with Gasteiger partial charge in [-0.3, -0.25) is 0 Å². The van der Waals surface area contributed by atoms with Crippen molar-refractivity contribution in [3.8, 4) is 17.0 Å². The second-order valence-electron chi connectivity index (χ2n) is 8.30. The van der Waals surface area contributed by atoms with Gasteiger partial charge in [0.15, 0.2) is 0 Å². The average molecular weight is 492 g/mol. The van der Waals surface area contributed by atoms with Crippen LogP contribution in [0.4, 0.5) is 4.79 Å². The maximum Gasteiger partial charge on any atom is 0.410 e. The lowest BCUT2D eigenvalue weighted by Crippen LogP contribution is -2.36. The quantitative estimate of drug-likeness (QED) is 0.495. The van der Waals surface area contributed by atoms with Crippen molar-refractivity contribution in [3.63, 3.8) is 0 Å². The van der Waals surface area contributed by atoms with Gasteiger partial charge < -0.3 is 18.9 Å². The molecule has 0 aliphatic carbocycles. The first-order valence-electron chi connectivity index (χ1n) is 9.99. The first-order chi connectivity index (χ1) is 15.4. The van der Waals surface area contributed by atoms with Gasteiger partial charge in [-0.15, -0.1) is 5.10 Å². The molecule has 0 aliphatic heterocycles. The number of aliphatic hydroxyl groups is 1. The van der Waals surface area contributed by atoms with Crippen molar-refractivity contribution in [2.75, 3.05) is 13.6 Å². The van der Waals surface area contributed by atoms with Crippen LogP contribution in [0.3, 0.4) is 0 Å². The second kappa shape index (κ2) is 9.86. The molecule has 1 N–H and O–H groups in total.